The summed E-state index contributed by atoms with van der Waals surface area (Å²) in [4.78, 5) is 21.2. The highest BCUT2D eigenvalue weighted by Crippen LogP contribution is 2.17. The Hall–Kier alpha value is -2.54. The molecule has 0 atom stereocenters. The molecule has 7 heteroatoms. The Morgan fingerprint density at radius 3 is 2.76 bits per heavy atom. The molecule has 0 fully saturated rings. The van der Waals surface area contributed by atoms with Gasteiger partial charge in [0.05, 0.1) is 6.54 Å². The zero-order chi connectivity index (χ0) is 14.7. The second kappa shape index (κ2) is 5.84. The van der Waals surface area contributed by atoms with Crippen LogP contribution in [0, 0.1) is 6.92 Å². The van der Waals surface area contributed by atoms with E-state index in [0.717, 1.165) is 10.4 Å². The summed E-state index contributed by atoms with van der Waals surface area (Å²) in [6, 6.07) is 7.40. The number of thiazole rings is 1. The molecular weight excluding hydrogens is 286 g/mol. The van der Waals surface area contributed by atoms with Crippen molar-refractivity contribution in [3.05, 3.63) is 59.1 Å². The average molecular weight is 299 g/mol. The Morgan fingerprint density at radius 2 is 2.14 bits per heavy atom. The molecule has 0 aliphatic carbocycles. The summed E-state index contributed by atoms with van der Waals surface area (Å²) in [7, 11) is 0. The molecule has 1 N–H and O–H groups in total. The van der Waals surface area contributed by atoms with Gasteiger partial charge in [0.15, 0.2) is 5.13 Å². The van der Waals surface area contributed by atoms with E-state index in [0.29, 0.717) is 17.2 Å². The SMILES string of the molecule is Cc1cnc(NC(=O)c2ccc(Cn3cncn3)cc2)s1. The number of benzene rings is 1. The highest BCUT2D eigenvalue weighted by molar-refractivity contribution is 7.15. The quantitative estimate of drug-likeness (QED) is 0.802. The van der Waals surface area contributed by atoms with E-state index >= 15 is 0 Å². The van der Waals surface area contributed by atoms with E-state index in [9.17, 15) is 4.79 Å². The van der Waals surface area contributed by atoms with Crippen LogP contribution in [0.15, 0.2) is 43.1 Å². The van der Waals surface area contributed by atoms with Gasteiger partial charge in [-0.3, -0.25) is 10.1 Å². The summed E-state index contributed by atoms with van der Waals surface area (Å²) in [5, 5.41) is 7.45. The van der Waals surface area contributed by atoms with Crippen LogP contribution in [0.3, 0.4) is 0 Å². The molecule has 21 heavy (non-hydrogen) atoms. The van der Waals surface area contributed by atoms with Crippen LogP contribution in [0.1, 0.15) is 20.8 Å². The van der Waals surface area contributed by atoms with Gasteiger partial charge in [-0.1, -0.05) is 12.1 Å². The maximum Gasteiger partial charge on any atom is 0.257 e. The van der Waals surface area contributed by atoms with Gasteiger partial charge in [-0.25, -0.2) is 14.6 Å². The highest BCUT2D eigenvalue weighted by Gasteiger charge is 2.08. The highest BCUT2D eigenvalue weighted by atomic mass is 32.1. The van der Waals surface area contributed by atoms with E-state index in [-0.39, 0.29) is 5.91 Å². The van der Waals surface area contributed by atoms with Crippen LogP contribution in [-0.2, 0) is 6.54 Å². The fourth-order valence-corrected chi connectivity index (χ4v) is 2.50. The lowest BCUT2D eigenvalue weighted by atomic mass is 10.1. The number of rotatable bonds is 4. The smallest absolute Gasteiger partial charge is 0.257 e. The van der Waals surface area contributed by atoms with Crippen molar-refractivity contribution in [2.24, 2.45) is 0 Å². The van der Waals surface area contributed by atoms with Crippen LogP contribution in [0.2, 0.25) is 0 Å². The lowest BCUT2D eigenvalue weighted by Crippen LogP contribution is -2.11. The van der Waals surface area contributed by atoms with Crippen LogP contribution in [0.5, 0.6) is 0 Å². The predicted molar refractivity (Wildman–Crippen MR) is 80.4 cm³/mol. The molecule has 106 valence electrons. The monoisotopic (exact) mass is 299 g/mol. The minimum absolute atomic E-state index is 0.156. The molecule has 6 nitrogen and oxygen atoms in total. The van der Waals surface area contributed by atoms with Gasteiger partial charge < -0.3 is 0 Å². The van der Waals surface area contributed by atoms with Crippen molar-refractivity contribution >= 4 is 22.4 Å². The topological polar surface area (TPSA) is 72.7 Å². The summed E-state index contributed by atoms with van der Waals surface area (Å²) < 4.78 is 1.73. The number of carbonyl (C=O) groups excluding carboxylic acids is 1. The van der Waals surface area contributed by atoms with E-state index in [1.807, 2.05) is 19.1 Å². The molecule has 1 amide bonds. The lowest BCUT2D eigenvalue weighted by Gasteiger charge is -2.04. The second-order valence-corrected chi connectivity index (χ2v) is 5.75. The molecule has 0 aliphatic rings. The number of nitrogens with zero attached hydrogens (tertiary/aromatic N) is 4. The van der Waals surface area contributed by atoms with Crippen LogP contribution in [0.25, 0.3) is 0 Å². The van der Waals surface area contributed by atoms with Gasteiger partial charge in [0, 0.05) is 16.6 Å². The number of anilines is 1. The molecule has 0 unspecified atom stereocenters. The standard InChI is InChI=1S/C14H13N5OS/c1-10-6-16-14(21-10)18-13(20)12-4-2-11(3-5-12)7-19-9-15-8-17-19/h2-6,8-9H,7H2,1H3,(H,16,18,20). The van der Waals surface area contributed by atoms with Gasteiger partial charge in [0.1, 0.15) is 12.7 Å². The Kier molecular flexibility index (Phi) is 3.74. The van der Waals surface area contributed by atoms with E-state index < -0.39 is 0 Å². The Morgan fingerprint density at radius 1 is 1.33 bits per heavy atom. The van der Waals surface area contributed by atoms with Crippen LogP contribution < -0.4 is 5.32 Å². The predicted octanol–water partition coefficient (Wildman–Crippen LogP) is 2.34. The third-order valence-corrected chi connectivity index (χ3v) is 3.70. The molecular formula is C14H13N5OS. The van der Waals surface area contributed by atoms with Gasteiger partial charge in [-0.15, -0.1) is 11.3 Å². The molecule has 3 rings (SSSR count). The summed E-state index contributed by atoms with van der Waals surface area (Å²) in [6.07, 6.45) is 4.89. The van der Waals surface area contributed by atoms with Crippen molar-refractivity contribution in [3.8, 4) is 0 Å². The summed E-state index contributed by atoms with van der Waals surface area (Å²) in [5.41, 5.74) is 1.66. The van der Waals surface area contributed by atoms with Gasteiger partial charge in [0.2, 0.25) is 0 Å². The van der Waals surface area contributed by atoms with E-state index in [1.54, 1.807) is 29.3 Å². The van der Waals surface area contributed by atoms with E-state index in [2.05, 4.69) is 20.4 Å². The molecule has 1 aromatic carbocycles. The molecule has 3 aromatic rings. The number of aromatic nitrogens is 4. The van der Waals surface area contributed by atoms with Crippen LogP contribution in [-0.4, -0.2) is 25.7 Å². The number of carbonyl (C=O) groups is 1. The summed E-state index contributed by atoms with van der Waals surface area (Å²) >= 11 is 1.46. The largest absolute Gasteiger partial charge is 0.298 e. The van der Waals surface area contributed by atoms with Crippen molar-refractivity contribution < 1.29 is 4.79 Å². The molecule has 0 radical (unpaired) electrons. The molecule has 2 heterocycles. The molecule has 0 saturated heterocycles. The Labute approximate surface area is 125 Å². The molecule has 0 aliphatic heterocycles. The zero-order valence-corrected chi connectivity index (χ0v) is 12.2. The first-order chi connectivity index (χ1) is 10.2. The van der Waals surface area contributed by atoms with E-state index in [4.69, 9.17) is 0 Å². The van der Waals surface area contributed by atoms with Gasteiger partial charge in [-0.2, -0.15) is 5.10 Å². The summed E-state index contributed by atoms with van der Waals surface area (Å²) in [6.45, 7) is 2.58. The fourth-order valence-electron chi connectivity index (χ4n) is 1.84. The first-order valence-corrected chi connectivity index (χ1v) is 7.17. The number of nitrogens with one attached hydrogen (secondary N) is 1. The molecule has 0 spiro atoms. The number of hydrogen-bond acceptors (Lipinski definition) is 5. The number of hydrogen-bond donors (Lipinski definition) is 1. The first kappa shape index (κ1) is 13.4. The van der Waals surface area contributed by atoms with Crippen molar-refractivity contribution in [1.29, 1.82) is 0 Å². The third kappa shape index (κ3) is 3.32. The van der Waals surface area contributed by atoms with Gasteiger partial charge >= 0.3 is 0 Å². The summed E-state index contributed by atoms with van der Waals surface area (Å²) in [5.74, 6) is -0.156. The Balaban J connectivity index is 1.67. The maximum atomic E-state index is 12.1. The Bertz CT molecular complexity index is 733. The molecule has 0 saturated carbocycles. The lowest BCUT2D eigenvalue weighted by molar-refractivity contribution is 0.102. The zero-order valence-electron chi connectivity index (χ0n) is 11.4. The first-order valence-electron chi connectivity index (χ1n) is 6.36. The van der Waals surface area contributed by atoms with Crippen molar-refractivity contribution in [1.82, 2.24) is 19.7 Å². The van der Waals surface area contributed by atoms with Crippen LogP contribution >= 0.6 is 11.3 Å². The minimum atomic E-state index is -0.156. The normalized spacial score (nSPS) is 10.5. The fraction of sp³-hybridized carbons (Fsp3) is 0.143. The maximum absolute atomic E-state index is 12.1. The second-order valence-electron chi connectivity index (χ2n) is 4.52. The van der Waals surface area contributed by atoms with Gasteiger partial charge in [-0.05, 0) is 24.6 Å². The van der Waals surface area contributed by atoms with E-state index in [1.165, 1.54) is 17.7 Å². The minimum Gasteiger partial charge on any atom is -0.298 e. The third-order valence-electron chi connectivity index (χ3n) is 2.87. The number of amides is 1. The molecule has 0 bridgehead atoms. The number of aryl methyl sites for hydroxylation is 1. The van der Waals surface area contributed by atoms with Crippen LogP contribution in [0.4, 0.5) is 5.13 Å². The van der Waals surface area contributed by atoms with Gasteiger partial charge in [0.25, 0.3) is 5.91 Å². The van der Waals surface area contributed by atoms with Crippen molar-refractivity contribution in [3.63, 3.8) is 0 Å². The average Bonchev–Trinajstić information content (AvgIpc) is 3.12. The van der Waals surface area contributed by atoms with Crippen molar-refractivity contribution in [2.45, 2.75) is 13.5 Å². The molecule has 2 aromatic heterocycles. The van der Waals surface area contributed by atoms with Crippen molar-refractivity contribution in [2.75, 3.05) is 5.32 Å².